The summed E-state index contributed by atoms with van der Waals surface area (Å²) in [6.45, 7) is 0. The molecule has 1 N–H and O–H groups in total. The van der Waals surface area contributed by atoms with Gasteiger partial charge in [0.2, 0.25) is 0 Å². The Hall–Kier alpha value is -3.80. The maximum atomic E-state index is 4.57. The fraction of sp³-hybridized carbons (Fsp3) is 0.0476. The maximum Gasteiger partial charge on any atom is 0.265 e. The molecule has 2 heterocycles. The van der Waals surface area contributed by atoms with E-state index in [1.165, 1.54) is 5.39 Å². The third-order valence-electron chi connectivity index (χ3n) is 4.70. The zero-order valence-corrected chi connectivity index (χ0v) is 14.7. The Balaban J connectivity index is 1.49. The second-order valence-corrected chi connectivity index (χ2v) is 6.32. The Kier molecular flexibility index (Phi) is 3.53. The van der Waals surface area contributed by atoms with Crippen LogP contribution in [0.3, 0.4) is 0 Å². The number of rotatable bonds is 3. The van der Waals surface area contributed by atoms with Crippen LogP contribution in [-0.2, 0) is 7.05 Å². The lowest BCUT2D eigenvalue weighted by atomic mass is 10.1. The highest BCUT2D eigenvalue weighted by Crippen LogP contribution is 2.24. The zero-order valence-electron chi connectivity index (χ0n) is 14.7. The molecule has 0 atom stereocenters. The Morgan fingerprint density at radius 3 is 2.59 bits per heavy atom. The standard InChI is InChI=1S/C21H16N6/c1-27-18-12-5-4-11-17(18)19-20(27)23-21(26-24-19)25-22-13-15-9-6-8-14-7-2-3-10-16(14)15/h2-13H,1H3,(H,23,25,26)/b22-13+. The minimum atomic E-state index is 0.366. The smallest absolute Gasteiger partial charge is 0.265 e. The van der Waals surface area contributed by atoms with Crippen molar-refractivity contribution in [3.8, 4) is 0 Å². The van der Waals surface area contributed by atoms with Gasteiger partial charge in [-0.1, -0.05) is 60.7 Å². The fourth-order valence-electron chi connectivity index (χ4n) is 3.38. The van der Waals surface area contributed by atoms with Crippen molar-refractivity contribution in [1.82, 2.24) is 19.7 Å². The topological polar surface area (TPSA) is 68.0 Å². The van der Waals surface area contributed by atoms with E-state index in [2.05, 4.69) is 43.9 Å². The quantitative estimate of drug-likeness (QED) is 0.392. The summed E-state index contributed by atoms with van der Waals surface area (Å²) in [7, 11) is 1.97. The van der Waals surface area contributed by atoms with Crippen molar-refractivity contribution in [3.05, 3.63) is 72.3 Å². The van der Waals surface area contributed by atoms with Crippen LogP contribution in [0.15, 0.2) is 71.8 Å². The van der Waals surface area contributed by atoms with Gasteiger partial charge in [0.25, 0.3) is 5.95 Å². The molecule has 2 aromatic heterocycles. The van der Waals surface area contributed by atoms with Gasteiger partial charge in [-0.25, -0.2) is 5.43 Å². The lowest BCUT2D eigenvalue weighted by Crippen LogP contribution is -2.01. The van der Waals surface area contributed by atoms with E-state index in [0.29, 0.717) is 5.95 Å². The summed E-state index contributed by atoms with van der Waals surface area (Å²) in [6, 6.07) is 22.4. The summed E-state index contributed by atoms with van der Waals surface area (Å²) in [6.07, 6.45) is 1.78. The van der Waals surface area contributed by atoms with Crippen molar-refractivity contribution in [1.29, 1.82) is 0 Å². The van der Waals surface area contributed by atoms with E-state index in [9.17, 15) is 0 Å². The van der Waals surface area contributed by atoms with Gasteiger partial charge in [0.05, 0.1) is 11.7 Å². The molecule has 130 valence electrons. The summed E-state index contributed by atoms with van der Waals surface area (Å²) in [5.74, 6) is 0.366. The van der Waals surface area contributed by atoms with E-state index < -0.39 is 0 Å². The second-order valence-electron chi connectivity index (χ2n) is 6.32. The van der Waals surface area contributed by atoms with Gasteiger partial charge < -0.3 is 4.57 Å². The third kappa shape index (κ3) is 2.58. The highest BCUT2D eigenvalue weighted by atomic mass is 15.4. The van der Waals surface area contributed by atoms with Crippen LogP contribution in [-0.4, -0.2) is 26.0 Å². The summed E-state index contributed by atoms with van der Waals surface area (Å²) in [5, 5.41) is 16.2. The van der Waals surface area contributed by atoms with Crippen LogP contribution in [0.25, 0.3) is 32.8 Å². The lowest BCUT2D eigenvalue weighted by molar-refractivity contribution is 0.949. The number of aryl methyl sites for hydroxylation is 1. The third-order valence-corrected chi connectivity index (χ3v) is 4.70. The molecule has 0 spiro atoms. The van der Waals surface area contributed by atoms with Gasteiger partial charge in [0, 0.05) is 18.0 Å². The first-order valence-corrected chi connectivity index (χ1v) is 8.66. The molecule has 0 saturated carbocycles. The minimum absolute atomic E-state index is 0.366. The normalized spacial score (nSPS) is 11.7. The van der Waals surface area contributed by atoms with Crippen molar-refractivity contribution in [2.75, 3.05) is 5.43 Å². The molecule has 3 aromatic carbocycles. The molecular formula is C21H16N6. The van der Waals surface area contributed by atoms with Gasteiger partial charge in [-0.3, -0.25) is 0 Å². The van der Waals surface area contributed by atoms with Crippen LogP contribution in [0, 0.1) is 0 Å². The molecule has 0 fully saturated rings. The van der Waals surface area contributed by atoms with Crippen molar-refractivity contribution in [2.24, 2.45) is 12.1 Å². The first-order valence-electron chi connectivity index (χ1n) is 8.66. The number of nitrogens with zero attached hydrogens (tertiary/aromatic N) is 5. The highest BCUT2D eigenvalue weighted by Gasteiger charge is 2.11. The predicted molar refractivity (Wildman–Crippen MR) is 109 cm³/mol. The number of para-hydroxylation sites is 1. The average Bonchev–Trinajstić information content (AvgIpc) is 3.00. The number of hydrazone groups is 1. The van der Waals surface area contributed by atoms with Gasteiger partial charge in [0.1, 0.15) is 5.52 Å². The van der Waals surface area contributed by atoms with Crippen LogP contribution in [0.1, 0.15) is 5.56 Å². The average molecular weight is 352 g/mol. The molecule has 0 bridgehead atoms. The van der Waals surface area contributed by atoms with Gasteiger partial charge in [-0.15, -0.1) is 10.2 Å². The Labute approximate surface area is 155 Å². The number of hydrogen-bond donors (Lipinski definition) is 1. The Morgan fingerprint density at radius 2 is 1.67 bits per heavy atom. The van der Waals surface area contributed by atoms with Crippen LogP contribution in [0.5, 0.6) is 0 Å². The van der Waals surface area contributed by atoms with Gasteiger partial charge in [0.15, 0.2) is 5.65 Å². The Bertz CT molecular complexity index is 1310. The second kappa shape index (κ2) is 6.17. The molecule has 5 rings (SSSR count). The zero-order chi connectivity index (χ0) is 18.2. The van der Waals surface area contributed by atoms with E-state index in [0.717, 1.165) is 33.0 Å². The van der Waals surface area contributed by atoms with Gasteiger partial charge in [-0.05, 0) is 16.8 Å². The molecule has 6 heteroatoms. The molecular weight excluding hydrogens is 336 g/mol. The molecule has 0 aliphatic carbocycles. The molecule has 0 aliphatic heterocycles. The number of fused-ring (bicyclic) bond motifs is 4. The first kappa shape index (κ1) is 15.5. The number of anilines is 1. The summed E-state index contributed by atoms with van der Waals surface area (Å²) >= 11 is 0. The van der Waals surface area contributed by atoms with Crippen LogP contribution in [0.4, 0.5) is 5.95 Å². The number of aromatic nitrogens is 4. The van der Waals surface area contributed by atoms with Crippen molar-refractivity contribution in [3.63, 3.8) is 0 Å². The number of nitrogens with one attached hydrogen (secondary N) is 1. The van der Waals surface area contributed by atoms with Crippen LogP contribution in [0.2, 0.25) is 0 Å². The molecule has 0 unspecified atom stereocenters. The van der Waals surface area contributed by atoms with E-state index >= 15 is 0 Å². The molecule has 27 heavy (non-hydrogen) atoms. The SMILES string of the molecule is Cn1c2ccccc2c2nnc(N/N=C/c3cccc4ccccc34)nc21. The van der Waals surface area contributed by atoms with Crippen LogP contribution < -0.4 is 5.43 Å². The number of hydrogen-bond acceptors (Lipinski definition) is 5. The van der Waals surface area contributed by atoms with E-state index in [-0.39, 0.29) is 0 Å². The van der Waals surface area contributed by atoms with E-state index in [1.807, 2.05) is 60.1 Å². The highest BCUT2D eigenvalue weighted by molar-refractivity contribution is 6.04. The molecule has 5 aromatic rings. The molecule has 0 amide bonds. The largest absolute Gasteiger partial charge is 0.327 e. The predicted octanol–water partition coefficient (Wildman–Crippen LogP) is 4.12. The summed E-state index contributed by atoms with van der Waals surface area (Å²) < 4.78 is 2.01. The fourth-order valence-corrected chi connectivity index (χ4v) is 3.38. The van der Waals surface area contributed by atoms with E-state index in [4.69, 9.17) is 0 Å². The minimum Gasteiger partial charge on any atom is -0.327 e. The van der Waals surface area contributed by atoms with E-state index in [1.54, 1.807) is 6.21 Å². The summed E-state index contributed by atoms with van der Waals surface area (Å²) in [4.78, 5) is 4.57. The molecule has 0 radical (unpaired) electrons. The molecule has 0 saturated heterocycles. The monoisotopic (exact) mass is 352 g/mol. The Morgan fingerprint density at radius 1 is 0.889 bits per heavy atom. The van der Waals surface area contributed by atoms with Gasteiger partial charge >= 0.3 is 0 Å². The lowest BCUT2D eigenvalue weighted by Gasteiger charge is -2.02. The first-order chi connectivity index (χ1) is 13.3. The van der Waals surface area contributed by atoms with Crippen LogP contribution >= 0.6 is 0 Å². The molecule has 6 nitrogen and oxygen atoms in total. The van der Waals surface area contributed by atoms with Gasteiger partial charge in [-0.2, -0.15) is 10.1 Å². The number of benzene rings is 3. The molecule has 0 aliphatic rings. The summed E-state index contributed by atoms with van der Waals surface area (Å²) in [5.41, 5.74) is 6.56. The van der Waals surface area contributed by atoms with Crippen molar-refractivity contribution >= 4 is 45.0 Å². The van der Waals surface area contributed by atoms with Crippen molar-refractivity contribution < 1.29 is 0 Å². The maximum absolute atomic E-state index is 4.57. The van der Waals surface area contributed by atoms with Crippen molar-refractivity contribution in [2.45, 2.75) is 0 Å².